The van der Waals surface area contributed by atoms with Crippen molar-refractivity contribution in [1.29, 1.82) is 0 Å². The van der Waals surface area contributed by atoms with Crippen molar-refractivity contribution in [3.8, 4) is 0 Å². The molecule has 2 aromatic heterocycles. The highest BCUT2D eigenvalue weighted by Gasteiger charge is 2.16. The van der Waals surface area contributed by atoms with Gasteiger partial charge in [-0.05, 0) is 37.8 Å². The highest BCUT2D eigenvalue weighted by molar-refractivity contribution is 7.22. The molecule has 158 valence electrons. The van der Waals surface area contributed by atoms with E-state index in [9.17, 15) is 9.59 Å². The fourth-order valence-corrected chi connectivity index (χ4v) is 5.31. The fourth-order valence-electron chi connectivity index (χ4n) is 3.61. The number of thiazole rings is 2. The number of carbonyl (C=O) groups excluding carboxylic acids is 2. The van der Waals surface area contributed by atoms with E-state index in [-0.39, 0.29) is 18.0 Å². The first-order valence-electron chi connectivity index (χ1n) is 10.2. The summed E-state index contributed by atoms with van der Waals surface area (Å²) in [4.78, 5) is 33.4. The zero-order valence-corrected chi connectivity index (χ0v) is 18.5. The Kier molecular flexibility index (Phi) is 6.59. The van der Waals surface area contributed by atoms with E-state index in [2.05, 4.69) is 25.9 Å². The zero-order valence-electron chi connectivity index (χ0n) is 16.9. The van der Waals surface area contributed by atoms with Gasteiger partial charge in [0.25, 0.3) is 0 Å². The number of nitrogens with one attached hydrogen (secondary N) is 3. The second-order valence-electron chi connectivity index (χ2n) is 7.57. The molecule has 7 nitrogen and oxygen atoms in total. The molecule has 9 heteroatoms. The van der Waals surface area contributed by atoms with Gasteiger partial charge in [0.15, 0.2) is 10.3 Å². The monoisotopic (exact) mass is 443 g/mol. The SMILES string of the molecule is Cc1cccc2sc(NC(=O)CCc3csc(NC(=O)NC4CCCCC4)n3)nc12. The maximum atomic E-state index is 12.3. The molecule has 1 saturated carbocycles. The number of carbonyl (C=O) groups is 2. The summed E-state index contributed by atoms with van der Waals surface area (Å²) in [5.74, 6) is -0.0933. The predicted molar refractivity (Wildman–Crippen MR) is 122 cm³/mol. The van der Waals surface area contributed by atoms with Gasteiger partial charge >= 0.3 is 6.03 Å². The molecular weight excluding hydrogens is 418 g/mol. The quantitative estimate of drug-likeness (QED) is 0.495. The van der Waals surface area contributed by atoms with E-state index in [0.29, 0.717) is 23.1 Å². The Balaban J connectivity index is 1.24. The van der Waals surface area contributed by atoms with Crippen molar-refractivity contribution >= 4 is 55.1 Å². The number of nitrogens with zero attached hydrogens (tertiary/aromatic N) is 2. The van der Waals surface area contributed by atoms with Crippen LogP contribution in [0.4, 0.5) is 15.1 Å². The summed E-state index contributed by atoms with van der Waals surface area (Å²) in [7, 11) is 0. The molecule has 0 spiro atoms. The van der Waals surface area contributed by atoms with Gasteiger partial charge < -0.3 is 10.6 Å². The van der Waals surface area contributed by atoms with E-state index in [1.165, 1.54) is 41.9 Å². The normalized spacial score (nSPS) is 14.6. The van der Waals surface area contributed by atoms with Crippen LogP contribution in [-0.2, 0) is 11.2 Å². The number of rotatable bonds is 6. The number of anilines is 2. The third-order valence-corrected chi connectivity index (χ3v) is 6.93. The number of hydrogen-bond acceptors (Lipinski definition) is 6. The average Bonchev–Trinajstić information content (AvgIpc) is 3.34. The number of amides is 3. The van der Waals surface area contributed by atoms with Gasteiger partial charge in [0.1, 0.15) is 0 Å². The van der Waals surface area contributed by atoms with Gasteiger partial charge in [0.05, 0.1) is 15.9 Å². The van der Waals surface area contributed by atoms with E-state index in [4.69, 9.17) is 0 Å². The molecular formula is C21H25N5O2S2. The van der Waals surface area contributed by atoms with Crippen LogP contribution in [0.25, 0.3) is 10.2 Å². The molecule has 4 rings (SSSR count). The second-order valence-corrected chi connectivity index (χ2v) is 9.45. The van der Waals surface area contributed by atoms with Gasteiger partial charge in [-0.3, -0.25) is 10.1 Å². The summed E-state index contributed by atoms with van der Waals surface area (Å²) < 4.78 is 1.06. The van der Waals surface area contributed by atoms with Crippen molar-refractivity contribution in [3.63, 3.8) is 0 Å². The smallest absolute Gasteiger partial charge is 0.321 e. The standard InChI is InChI=1S/C21H25N5O2S2/c1-13-6-5-9-16-18(13)25-21(30-16)24-17(27)11-10-15-12-29-20(23-15)26-19(28)22-14-7-3-2-4-8-14/h5-6,9,12,14H,2-4,7-8,10-11H2,1H3,(H,24,25,27)(H2,22,23,26,28). The zero-order chi connectivity index (χ0) is 20.9. The van der Waals surface area contributed by atoms with Crippen LogP contribution in [0.5, 0.6) is 0 Å². The van der Waals surface area contributed by atoms with Crippen LogP contribution in [0.15, 0.2) is 23.6 Å². The molecule has 1 aliphatic rings. The molecule has 0 atom stereocenters. The van der Waals surface area contributed by atoms with E-state index in [1.54, 1.807) is 0 Å². The molecule has 1 aromatic carbocycles. The van der Waals surface area contributed by atoms with Gasteiger partial charge in [-0.25, -0.2) is 14.8 Å². The third kappa shape index (κ3) is 5.34. The average molecular weight is 444 g/mol. The van der Waals surface area contributed by atoms with E-state index < -0.39 is 0 Å². The van der Waals surface area contributed by atoms with Crippen LogP contribution in [0.1, 0.15) is 49.8 Å². The predicted octanol–water partition coefficient (Wildman–Crippen LogP) is 5.09. The molecule has 0 saturated heterocycles. The van der Waals surface area contributed by atoms with Crippen LogP contribution in [0.3, 0.4) is 0 Å². The topological polar surface area (TPSA) is 96.0 Å². The van der Waals surface area contributed by atoms with Crippen LogP contribution in [0.2, 0.25) is 0 Å². The molecule has 30 heavy (non-hydrogen) atoms. The number of hydrogen-bond donors (Lipinski definition) is 3. The van der Waals surface area contributed by atoms with Crippen molar-refractivity contribution in [2.75, 3.05) is 10.6 Å². The first-order chi connectivity index (χ1) is 14.6. The summed E-state index contributed by atoms with van der Waals surface area (Å²) in [5, 5.41) is 11.7. The number of urea groups is 1. The van der Waals surface area contributed by atoms with E-state index >= 15 is 0 Å². The van der Waals surface area contributed by atoms with Gasteiger partial charge in [-0.2, -0.15) is 0 Å². The van der Waals surface area contributed by atoms with Crippen molar-refractivity contribution in [2.24, 2.45) is 0 Å². The number of benzene rings is 1. The third-order valence-electron chi connectivity index (χ3n) is 5.19. The first-order valence-corrected chi connectivity index (χ1v) is 11.9. The molecule has 0 bridgehead atoms. The molecule has 3 aromatic rings. The van der Waals surface area contributed by atoms with Crippen LogP contribution < -0.4 is 16.0 Å². The Bertz CT molecular complexity index is 1040. The van der Waals surface area contributed by atoms with Crippen LogP contribution in [-0.4, -0.2) is 27.9 Å². The maximum Gasteiger partial charge on any atom is 0.321 e. The minimum atomic E-state index is -0.202. The summed E-state index contributed by atoms with van der Waals surface area (Å²) in [5.41, 5.74) is 2.82. The van der Waals surface area contributed by atoms with Crippen molar-refractivity contribution in [3.05, 3.63) is 34.8 Å². The lowest BCUT2D eigenvalue weighted by molar-refractivity contribution is -0.116. The Hall–Kier alpha value is -2.52. The van der Waals surface area contributed by atoms with Crippen molar-refractivity contribution < 1.29 is 9.59 Å². The highest BCUT2D eigenvalue weighted by atomic mass is 32.1. The lowest BCUT2D eigenvalue weighted by Crippen LogP contribution is -2.38. The fraction of sp³-hybridized carbons (Fsp3) is 0.429. The summed E-state index contributed by atoms with van der Waals surface area (Å²) in [6.07, 6.45) is 6.50. The van der Waals surface area contributed by atoms with E-state index in [1.807, 2.05) is 30.5 Å². The van der Waals surface area contributed by atoms with Gasteiger partial charge in [0.2, 0.25) is 5.91 Å². The Morgan fingerprint density at radius 1 is 1.10 bits per heavy atom. The van der Waals surface area contributed by atoms with E-state index in [0.717, 1.165) is 34.3 Å². The minimum absolute atomic E-state index is 0.0933. The number of fused-ring (bicyclic) bond motifs is 1. The van der Waals surface area contributed by atoms with Crippen LogP contribution >= 0.6 is 22.7 Å². The Morgan fingerprint density at radius 2 is 1.93 bits per heavy atom. The molecule has 0 unspecified atom stereocenters. The molecule has 1 fully saturated rings. The van der Waals surface area contributed by atoms with Gasteiger partial charge in [-0.1, -0.05) is 42.7 Å². The molecule has 0 aliphatic heterocycles. The lowest BCUT2D eigenvalue weighted by Gasteiger charge is -2.22. The van der Waals surface area contributed by atoms with Gasteiger partial charge in [0, 0.05) is 17.8 Å². The number of aryl methyl sites for hydroxylation is 2. The lowest BCUT2D eigenvalue weighted by atomic mass is 9.96. The number of aromatic nitrogens is 2. The summed E-state index contributed by atoms with van der Waals surface area (Å²) >= 11 is 2.85. The highest BCUT2D eigenvalue weighted by Crippen LogP contribution is 2.28. The van der Waals surface area contributed by atoms with Gasteiger partial charge in [-0.15, -0.1) is 11.3 Å². The molecule has 0 radical (unpaired) electrons. The number of para-hydroxylation sites is 1. The van der Waals surface area contributed by atoms with Crippen molar-refractivity contribution in [2.45, 2.75) is 57.9 Å². The van der Waals surface area contributed by atoms with Crippen LogP contribution in [0, 0.1) is 6.92 Å². The Labute approximate surface area is 183 Å². The molecule has 2 heterocycles. The first kappa shape index (κ1) is 20.7. The maximum absolute atomic E-state index is 12.3. The second kappa shape index (κ2) is 9.53. The van der Waals surface area contributed by atoms with Crippen molar-refractivity contribution in [1.82, 2.24) is 15.3 Å². The molecule has 1 aliphatic carbocycles. The largest absolute Gasteiger partial charge is 0.335 e. The summed E-state index contributed by atoms with van der Waals surface area (Å²) in [6.45, 7) is 2.01. The molecule has 3 amide bonds. The minimum Gasteiger partial charge on any atom is -0.335 e. The Morgan fingerprint density at radius 3 is 2.73 bits per heavy atom. The molecule has 3 N–H and O–H groups in total. The summed E-state index contributed by atoms with van der Waals surface area (Å²) in [6, 6.07) is 6.06.